The van der Waals surface area contributed by atoms with E-state index in [1.807, 2.05) is 39.0 Å². The SMILES string of the molecule is CC(C)(C)[N+]1(C(=O)O)CCC[C@@H](Cn2c(CCl)nc3ccccc32)C1. The highest BCUT2D eigenvalue weighted by molar-refractivity contribution is 6.16. The largest absolute Gasteiger partial charge is 0.513 e. The maximum absolute atomic E-state index is 12.1. The van der Waals surface area contributed by atoms with Gasteiger partial charge in [-0.05, 0) is 45.7 Å². The lowest BCUT2D eigenvalue weighted by Crippen LogP contribution is -2.67. The first-order valence-corrected chi connectivity index (χ1v) is 9.43. The van der Waals surface area contributed by atoms with Crippen LogP contribution in [0.2, 0.25) is 0 Å². The Morgan fingerprint density at radius 1 is 1.40 bits per heavy atom. The average Bonchev–Trinajstić information content (AvgIpc) is 2.92. The fourth-order valence-corrected chi connectivity index (χ4v) is 4.39. The Kier molecular flexibility index (Phi) is 4.82. The molecule has 1 aromatic carbocycles. The van der Waals surface area contributed by atoms with E-state index in [1.54, 1.807) is 0 Å². The van der Waals surface area contributed by atoms with Crippen LogP contribution in [-0.2, 0) is 12.4 Å². The summed E-state index contributed by atoms with van der Waals surface area (Å²) in [6.45, 7) is 8.20. The number of piperidine rings is 1. The Morgan fingerprint density at radius 3 is 2.76 bits per heavy atom. The van der Waals surface area contributed by atoms with Crippen LogP contribution in [-0.4, -0.2) is 43.9 Å². The predicted molar refractivity (Wildman–Crippen MR) is 99.8 cm³/mol. The molecule has 2 atom stereocenters. The molecule has 0 spiro atoms. The highest BCUT2D eigenvalue weighted by Gasteiger charge is 2.50. The lowest BCUT2D eigenvalue weighted by Gasteiger charge is -2.48. The van der Waals surface area contributed by atoms with Crippen molar-refractivity contribution < 1.29 is 14.4 Å². The lowest BCUT2D eigenvalue weighted by molar-refractivity contribution is -0.911. The summed E-state index contributed by atoms with van der Waals surface area (Å²) in [5.74, 6) is 1.51. The fourth-order valence-electron chi connectivity index (χ4n) is 4.18. The molecule has 2 aromatic rings. The number of imidazole rings is 1. The smallest absolute Gasteiger partial charge is 0.435 e. The number of para-hydroxylation sites is 2. The first-order chi connectivity index (χ1) is 11.8. The van der Waals surface area contributed by atoms with Gasteiger partial charge in [0.25, 0.3) is 0 Å². The standard InChI is InChI=1S/C19H26ClN3O2/c1-19(2,3)23(18(24)25)10-6-7-14(13-23)12-22-16-9-5-4-8-15(16)21-17(22)11-20/h4-5,8-9,14H,6-7,10-13H2,1-3H3/p+1/t14-,23?/m0/s1. The number of quaternary nitrogens is 1. The van der Waals surface area contributed by atoms with Gasteiger partial charge in [0.1, 0.15) is 11.4 Å². The minimum atomic E-state index is -0.717. The van der Waals surface area contributed by atoms with Crippen molar-refractivity contribution in [3.63, 3.8) is 0 Å². The fraction of sp³-hybridized carbons (Fsp3) is 0.579. The summed E-state index contributed by atoms with van der Waals surface area (Å²) >= 11 is 6.12. The molecule has 1 amide bonds. The van der Waals surface area contributed by atoms with Gasteiger partial charge in [-0.15, -0.1) is 11.6 Å². The average molecular weight is 365 g/mol. The zero-order valence-corrected chi connectivity index (χ0v) is 16.0. The van der Waals surface area contributed by atoms with E-state index < -0.39 is 6.09 Å². The maximum Gasteiger partial charge on any atom is 0.513 e. The first kappa shape index (κ1) is 18.2. The number of amides is 1. The second-order valence-corrected chi connectivity index (χ2v) is 8.36. The quantitative estimate of drug-likeness (QED) is 0.645. The number of fused-ring (bicyclic) bond motifs is 1. The predicted octanol–water partition coefficient (Wildman–Crippen LogP) is 4.48. The van der Waals surface area contributed by atoms with Crippen molar-refractivity contribution in [3.05, 3.63) is 30.1 Å². The molecule has 5 nitrogen and oxygen atoms in total. The lowest BCUT2D eigenvalue weighted by atomic mass is 9.89. The molecule has 1 fully saturated rings. The molecule has 6 heteroatoms. The van der Waals surface area contributed by atoms with Crippen LogP contribution in [0.4, 0.5) is 4.79 Å². The molecule has 3 rings (SSSR count). The number of halogens is 1. The summed E-state index contributed by atoms with van der Waals surface area (Å²) in [5, 5.41) is 9.97. The zero-order chi connectivity index (χ0) is 18.2. The Labute approximate surface area is 153 Å². The van der Waals surface area contributed by atoms with Gasteiger partial charge in [0.15, 0.2) is 0 Å². The molecule has 2 heterocycles. The number of rotatable bonds is 3. The van der Waals surface area contributed by atoms with Crippen LogP contribution in [0.15, 0.2) is 24.3 Å². The zero-order valence-electron chi connectivity index (χ0n) is 15.2. The second-order valence-electron chi connectivity index (χ2n) is 8.10. The Balaban J connectivity index is 1.92. The van der Waals surface area contributed by atoms with Gasteiger partial charge in [0.2, 0.25) is 0 Å². The third-order valence-corrected chi connectivity index (χ3v) is 5.91. The van der Waals surface area contributed by atoms with Crippen LogP contribution in [0.25, 0.3) is 11.0 Å². The summed E-state index contributed by atoms with van der Waals surface area (Å²) in [5.41, 5.74) is 1.70. The van der Waals surface area contributed by atoms with E-state index >= 15 is 0 Å². The van der Waals surface area contributed by atoms with E-state index in [0.29, 0.717) is 24.9 Å². The molecule has 0 aliphatic carbocycles. The minimum Gasteiger partial charge on any atom is -0.435 e. The molecule has 1 aliphatic heterocycles. The monoisotopic (exact) mass is 364 g/mol. The number of hydrogen-bond acceptors (Lipinski definition) is 2. The van der Waals surface area contributed by atoms with Crippen molar-refractivity contribution in [2.45, 2.75) is 51.6 Å². The van der Waals surface area contributed by atoms with Crippen LogP contribution >= 0.6 is 11.6 Å². The van der Waals surface area contributed by atoms with Crippen molar-refractivity contribution in [2.24, 2.45) is 5.92 Å². The summed E-state index contributed by atoms with van der Waals surface area (Å²) in [4.78, 5) is 16.8. The highest BCUT2D eigenvalue weighted by atomic mass is 35.5. The van der Waals surface area contributed by atoms with Crippen molar-refractivity contribution in [1.29, 1.82) is 0 Å². The van der Waals surface area contributed by atoms with E-state index in [-0.39, 0.29) is 10.0 Å². The Morgan fingerprint density at radius 2 is 2.12 bits per heavy atom. The van der Waals surface area contributed by atoms with Crippen LogP contribution in [0, 0.1) is 5.92 Å². The number of likely N-dealkylation sites (tertiary alicyclic amines) is 1. The number of benzene rings is 1. The molecule has 1 aliphatic rings. The summed E-state index contributed by atoms with van der Waals surface area (Å²) in [6.07, 6.45) is 1.25. The van der Waals surface area contributed by atoms with E-state index in [9.17, 15) is 9.90 Å². The molecule has 25 heavy (non-hydrogen) atoms. The van der Waals surface area contributed by atoms with Crippen LogP contribution in [0.1, 0.15) is 39.4 Å². The van der Waals surface area contributed by atoms with E-state index in [1.165, 1.54) is 0 Å². The molecule has 1 aromatic heterocycles. The van der Waals surface area contributed by atoms with Gasteiger partial charge in [0.05, 0.1) is 30.0 Å². The molecule has 1 saturated heterocycles. The van der Waals surface area contributed by atoms with Crippen molar-refractivity contribution in [2.75, 3.05) is 13.1 Å². The Bertz CT molecular complexity index is 781. The topological polar surface area (TPSA) is 55.1 Å². The van der Waals surface area contributed by atoms with E-state index in [2.05, 4.69) is 15.6 Å². The maximum atomic E-state index is 12.1. The van der Waals surface area contributed by atoms with E-state index in [0.717, 1.165) is 36.2 Å². The third-order valence-electron chi connectivity index (χ3n) is 5.67. The molecule has 0 saturated carbocycles. The Hall–Kier alpha value is -1.59. The molecule has 0 radical (unpaired) electrons. The molecule has 1 N–H and O–H groups in total. The van der Waals surface area contributed by atoms with Gasteiger partial charge in [0, 0.05) is 12.5 Å². The van der Waals surface area contributed by atoms with Gasteiger partial charge >= 0.3 is 6.09 Å². The van der Waals surface area contributed by atoms with E-state index in [4.69, 9.17) is 11.6 Å². The van der Waals surface area contributed by atoms with Gasteiger partial charge in [-0.3, -0.25) is 0 Å². The summed E-state index contributed by atoms with van der Waals surface area (Å²) < 4.78 is 2.30. The minimum absolute atomic E-state index is 0.126. The van der Waals surface area contributed by atoms with Crippen molar-refractivity contribution in [1.82, 2.24) is 9.55 Å². The van der Waals surface area contributed by atoms with Crippen LogP contribution < -0.4 is 0 Å². The second kappa shape index (κ2) is 6.61. The number of nitrogens with zero attached hydrogens (tertiary/aromatic N) is 3. The summed E-state index contributed by atoms with van der Waals surface area (Å²) in [6, 6.07) is 8.04. The first-order valence-electron chi connectivity index (χ1n) is 8.89. The third kappa shape index (κ3) is 3.15. The van der Waals surface area contributed by atoms with Crippen LogP contribution in [0.3, 0.4) is 0 Å². The highest BCUT2D eigenvalue weighted by Crippen LogP contribution is 2.34. The van der Waals surface area contributed by atoms with Crippen molar-refractivity contribution >= 4 is 28.7 Å². The number of hydrogen-bond donors (Lipinski definition) is 1. The molecule has 0 bridgehead atoms. The van der Waals surface area contributed by atoms with Crippen molar-refractivity contribution in [3.8, 4) is 0 Å². The molecular formula is C19H27ClN3O2+. The van der Waals surface area contributed by atoms with Gasteiger partial charge in [-0.2, -0.15) is 4.79 Å². The summed E-state index contributed by atoms with van der Waals surface area (Å²) in [7, 11) is 0. The molecular weight excluding hydrogens is 338 g/mol. The molecule has 1 unspecified atom stereocenters. The van der Waals surface area contributed by atoms with Gasteiger partial charge in [-0.1, -0.05) is 12.1 Å². The number of aromatic nitrogens is 2. The van der Waals surface area contributed by atoms with Gasteiger partial charge in [-0.25, -0.2) is 9.47 Å². The normalized spacial score (nSPS) is 24.6. The number of carbonyl (C=O) groups is 1. The number of alkyl halides is 1. The van der Waals surface area contributed by atoms with Gasteiger partial charge < -0.3 is 9.67 Å². The molecule has 136 valence electrons. The number of carboxylic acid groups (broad SMARTS) is 1. The van der Waals surface area contributed by atoms with Crippen LogP contribution in [0.5, 0.6) is 0 Å².